The average molecular weight is 252 g/mol. The van der Waals surface area contributed by atoms with Crippen molar-refractivity contribution in [1.82, 2.24) is 15.3 Å². The van der Waals surface area contributed by atoms with Crippen LogP contribution >= 0.6 is 0 Å². The Labute approximate surface area is 107 Å². The molecule has 0 radical (unpaired) electrons. The first kappa shape index (κ1) is 12.9. The smallest absolute Gasteiger partial charge is 0.229 e. The van der Waals surface area contributed by atoms with Crippen molar-refractivity contribution >= 4 is 5.95 Å². The van der Waals surface area contributed by atoms with E-state index in [4.69, 9.17) is 9.47 Å². The lowest BCUT2D eigenvalue weighted by atomic mass is 10.1. The van der Waals surface area contributed by atoms with Crippen molar-refractivity contribution in [3.8, 4) is 11.8 Å². The van der Waals surface area contributed by atoms with Gasteiger partial charge in [0.1, 0.15) is 0 Å². The average Bonchev–Trinajstić information content (AvgIpc) is 2.45. The molecular weight excluding hydrogens is 232 g/mol. The lowest BCUT2D eigenvalue weighted by Crippen LogP contribution is -2.39. The van der Waals surface area contributed by atoms with Gasteiger partial charge in [-0.15, -0.1) is 0 Å². The number of hydrogen-bond donors (Lipinski definition) is 2. The number of methoxy groups -OCH3 is 2. The molecule has 2 rings (SSSR count). The molecule has 0 bridgehead atoms. The zero-order valence-electron chi connectivity index (χ0n) is 10.9. The van der Waals surface area contributed by atoms with Crippen LogP contribution in [0.4, 0.5) is 5.95 Å². The number of hydrogen-bond acceptors (Lipinski definition) is 6. The summed E-state index contributed by atoms with van der Waals surface area (Å²) in [7, 11) is 3.16. The zero-order valence-corrected chi connectivity index (χ0v) is 10.9. The first-order chi connectivity index (χ1) is 8.81. The predicted molar refractivity (Wildman–Crippen MR) is 69.3 cm³/mol. The molecule has 1 saturated heterocycles. The van der Waals surface area contributed by atoms with Crippen LogP contribution in [0.2, 0.25) is 0 Å². The summed E-state index contributed by atoms with van der Waals surface area (Å²) in [5.74, 6) is 1.54. The second-order valence-electron chi connectivity index (χ2n) is 4.30. The Morgan fingerprint density at radius 2 is 2.00 bits per heavy atom. The van der Waals surface area contributed by atoms with Crippen LogP contribution in [0.1, 0.15) is 19.3 Å². The Kier molecular flexibility index (Phi) is 4.58. The minimum absolute atomic E-state index is 0.486. The maximum atomic E-state index is 5.10. The number of nitrogens with zero attached hydrogens (tertiary/aromatic N) is 2. The van der Waals surface area contributed by atoms with Crippen LogP contribution in [0.3, 0.4) is 0 Å². The van der Waals surface area contributed by atoms with Gasteiger partial charge in [-0.25, -0.2) is 0 Å². The highest BCUT2D eigenvalue weighted by Crippen LogP contribution is 2.17. The number of ether oxygens (including phenoxy) is 2. The largest absolute Gasteiger partial charge is 0.481 e. The number of piperidine rings is 1. The fourth-order valence-electron chi connectivity index (χ4n) is 2.00. The van der Waals surface area contributed by atoms with Crippen molar-refractivity contribution in [1.29, 1.82) is 0 Å². The van der Waals surface area contributed by atoms with Crippen molar-refractivity contribution in [2.75, 3.05) is 32.6 Å². The van der Waals surface area contributed by atoms with E-state index in [1.807, 2.05) is 0 Å². The second-order valence-corrected chi connectivity index (χ2v) is 4.30. The molecule has 1 aromatic heterocycles. The molecule has 6 nitrogen and oxygen atoms in total. The first-order valence-electron chi connectivity index (χ1n) is 6.26. The summed E-state index contributed by atoms with van der Waals surface area (Å²) in [5.41, 5.74) is 0. The van der Waals surface area contributed by atoms with Gasteiger partial charge < -0.3 is 20.1 Å². The molecule has 1 atom stereocenters. The van der Waals surface area contributed by atoms with Crippen LogP contribution in [0, 0.1) is 0 Å². The highest BCUT2D eigenvalue weighted by Gasteiger charge is 2.13. The van der Waals surface area contributed by atoms with E-state index in [1.165, 1.54) is 19.3 Å². The third-order valence-corrected chi connectivity index (χ3v) is 3.02. The third kappa shape index (κ3) is 3.46. The topological polar surface area (TPSA) is 68.3 Å². The molecule has 1 aliphatic heterocycles. The molecule has 1 fully saturated rings. The summed E-state index contributed by atoms with van der Waals surface area (Å²) in [4.78, 5) is 8.46. The van der Waals surface area contributed by atoms with E-state index in [9.17, 15) is 0 Å². The minimum Gasteiger partial charge on any atom is -0.481 e. The molecule has 2 N–H and O–H groups in total. The molecular formula is C12H20N4O2. The molecule has 2 heterocycles. The zero-order chi connectivity index (χ0) is 12.8. The Hall–Kier alpha value is -1.56. The lowest BCUT2D eigenvalue weighted by Gasteiger charge is -2.23. The van der Waals surface area contributed by atoms with Gasteiger partial charge in [0.05, 0.1) is 20.3 Å². The van der Waals surface area contributed by atoms with Gasteiger partial charge in [-0.05, 0) is 19.4 Å². The molecule has 0 aromatic carbocycles. The Bertz CT molecular complexity index is 358. The van der Waals surface area contributed by atoms with E-state index in [-0.39, 0.29) is 0 Å². The van der Waals surface area contributed by atoms with E-state index >= 15 is 0 Å². The number of aromatic nitrogens is 2. The van der Waals surface area contributed by atoms with Crippen LogP contribution in [0.25, 0.3) is 0 Å². The maximum Gasteiger partial charge on any atom is 0.229 e. The highest BCUT2D eigenvalue weighted by atomic mass is 16.5. The van der Waals surface area contributed by atoms with Gasteiger partial charge >= 0.3 is 0 Å². The van der Waals surface area contributed by atoms with Crippen LogP contribution in [0.15, 0.2) is 6.07 Å². The Morgan fingerprint density at radius 3 is 2.56 bits per heavy atom. The molecule has 0 spiro atoms. The van der Waals surface area contributed by atoms with Crippen LogP contribution in [-0.2, 0) is 0 Å². The van der Waals surface area contributed by atoms with Crippen LogP contribution < -0.4 is 20.1 Å². The van der Waals surface area contributed by atoms with Crippen LogP contribution in [0.5, 0.6) is 11.8 Å². The summed E-state index contributed by atoms with van der Waals surface area (Å²) in [6.45, 7) is 1.91. The molecule has 1 aliphatic rings. The summed E-state index contributed by atoms with van der Waals surface area (Å²) in [6, 6.07) is 2.14. The van der Waals surface area contributed by atoms with Crippen molar-refractivity contribution in [2.45, 2.75) is 25.3 Å². The summed E-state index contributed by atoms with van der Waals surface area (Å²) in [5, 5.41) is 6.69. The van der Waals surface area contributed by atoms with Crippen molar-refractivity contribution in [3.05, 3.63) is 6.07 Å². The molecule has 1 unspecified atom stereocenters. The number of nitrogens with one attached hydrogen (secondary N) is 2. The third-order valence-electron chi connectivity index (χ3n) is 3.02. The fraction of sp³-hybridized carbons (Fsp3) is 0.667. The molecule has 18 heavy (non-hydrogen) atoms. The fourth-order valence-corrected chi connectivity index (χ4v) is 2.00. The van der Waals surface area contributed by atoms with Gasteiger partial charge in [-0.3, -0.25) is 0 Å². The predicted octanol–water partition coefficient (Wildman–Crippen LogP) is 1.05. The van der Waals surface area contributed by atoms with Crippen molar-refractivity contribution in [2.24, 2.45) is 0 Å². The normalized spacial score (nSPS) is 19.3. The van der Waals surface area contributed by atoms with Gasteiger partial charge in [-0.2, -0.15) is 9.97 Å². The number of rotatable bonds is 5. The second kappa shape index (κ2) is 6.39. The minimum atomic E-state index is 0.486. The Morgan fingerprint density at radius 1 is 1.28 bits per heavy atom. The summed E-state index contributed by atoms with van der Waals surface area (Å²) >= 11 is 0. The molecule has 0 saturated carbocycles. The van der Waals surface area contributed by atoms with Gasteiger partial charge in [0, 0.05) is 12.6 Å². The first-order valence-corrected chi connectivity index (χ1v) is 6.26. The molecule has 6 heteroatoms. The van der Waals surface area contributed by atoms with Gasteiger partial charge in [0.2, 0.25) is 17.7 Å². The quantitative estimate of drug-likeness (QED) is 0.816. The molecule has 1 aromatic rings. The maximum absolute atomic E-state index is 5.10. The van der Waals surface area contributed by atoms with Crippen molar-refractivity contribution < 1.29 is 9.47 Å². The van der Waals surface area contributed by atoms with E-state index in [1.54, 1.807) is 20.3 Å². The lowest BCUT2D eigenvalue weighted by molar-refractivity contribution is 0.372. The number of anilines is 1. The highest BCUT2D eigenvalue weighted by molar-refractivity contribution is 5.33. The van der Waals surface area contributed by atoms with E-state index < -0.39 is 0 Å². The molecule has 0 amide bonds. The standard InChI is InChI=1S/C12H20N4O2/c1-17-10-7-11(18-2)16-12(15-10)14-8-9-5-3-4-6-13-9/h7,9,13H,3-6,8H2,1-2H3,(H,14,15,16). The van der Waals surface area contributed by atoms with Gasteiger partial charge in [-0.1, -0.05) is 6.42 Å². The van der Waals surface area contributed by atoms with Gasteiger partial charge in [0.15, 0.2) is 0 Å². The monoisotopic (exact) mass is 252 g/mol. The van der Waals surface area contributed by atoms with E-state index in [0.29, 0.717) is 23.8 Å². The summed E-state index contributed by atoms with van der Waals surface area (Å²) in [6.07, 6.45) is 3.73. The van der Waals surface area contributed by atoms with Crippen molar-refractivity contribution in [3.63, 3.8) is 0 Å². The van der Waals surface area contributed by atoms with E-state index in [2.05, 4.69) is 20.6 Å². The molecule has 100 valence electrons. The Balaban J connectivity index is 1.94. The molecule has 0 aliphatic carbocycles. The SMILES string of the molecule is COc1cc(OC)nc(NCC2CCCCN2)n1. The van der Waals surface area contributed by atoms with Crippen LogP contribution in [-0.4, -0.2) is 43.3 Å². The van der Waals surface area contributed by atoms with E-state index in [0.717, 1.165) is 13.1 Å². The van der Waals surface area contributed by atoms with Gasteiger partial charge in [0.25, 0.3) is 0 Å². The summed E-state index contributed by atoms with van der Waals surface area (Å²) < 4.78 is 10.2.